The molecule has 4 rings (SSSR count). The number of nitrogens with zero attached hydrogens (tertiary/aromatic N) is 3. The zero-order valence-corrected chi connectivity index (χ0v) is 18.4. The number of benzene rings is 1. The highest BCUT2D eigenvalue weighted by Crippen LogP contribution is 2.26. The van der Waals surface area contributed by atoms with Crippen molar-refractivity contribution in [3.8, 4) is 0 Å². The quantitative estimate of drug-likeness (QED) is 0.761. The zero-order valence-electron chi connectivity index (χ0n) is 18.4. The van der Waals surface area contributed by atoms with Gasteiger partial charge in [0.25, 0.3) is 5.91 Å². The van der Waals surface area contributed by atoms with Gasteiger partial charge in [-0.15, -0.1) is 0 Å². The average molecular weight is 443 g/mol. The number of hydrazone groups is 1. The number of piperidine rings is 1. The van der Waals surface area contributed by atoms with E-state index < -0.39 is 0 Å². The number of carbonyl (C=O) groups excluding carboxylic acids is 3. The summed E-state index contributed by atoms with van der Waals surface area (Å²) in [7, 11) is 0. The summed E-state index contributed by atoms with van der Waals surface area (Å²) < 4.78 is 13.1. The summed E-state index contributed by atoms with van der Waals surface area (Å²) in [6.45, 7) is 1.54. The molecule has 0 spiro atoms. The van der Waals surface area contributed by atoms with Gasteiger partial charge in [0.1, 0.15) is 11.5 Å². The van der Waals surface area contributed by atoms with Gasteiger partial charge in [-0.3, -0.25) is 14.4 Å². The van der Waals surface area contributed by atoms with E-state index in [0.29, 0.717) is 25.2 Å². The Labute approximate surface area is 188 Å². The lowest BCUT2D eigenvalue weighted by atomic mass is 9.87. The van der Waals surface area contributed by atoms with Crippen LogP contribution in [0.3, 0.4) is 0 Å². The van der Waals surface area contributed by atoms with Crippen molar-refractivity contribution in [1.82, 2.24) is 15.2 Å². The van der Waals surface area contributed by atoms with Crippen LogP contribution in [0.2, 0.25) is 0 Å². The maximum atomic E-state index is 13.1. The topological polar surface area (TPSA) is 82.1 Å². The van der Waals surface area contributed by atoms with Crippen LogP contribution in [0.1, 0.15) is 63.4 Å². The molecule has 2 aliphatic heterocycles. The first-order chi connectivity index (χ1) is 15.5. The second kappa shape index (κ2) is 10.2. The Balaban J connectivity index is 1.29. The highest BCUT2D eigenvalue weighted by atomic mass is 19.1. The normalized spacial score (nSPS) is 20.8. The Bertz CT molecular complexity index is 872. The van der Waals surface area contributed by atoms with E-state index in [9.17, 15) is 18.8 Å². The Morgan fingerprint density at radius 1 is 1.00 bits per heavy atom. The summed E-state index contributed by atoms with van der Waals surface area (Å²) in [5, 5.41) is 8.61. The van der Waals surface area contributed by atoms with Crippen LogP contribution in [0, 0.1) is 11.7 Å². The number of halogens is 1. The van der Waals surface area contributed by atoms with Crippen molar-refractivity contribution in [2.24, 2.45) is 11.0 Å². The molecule has 2 fully saturated rings. The minimum Gasteiger partial charge on any atom is -0.348 e. The molecular formula is C24H31FN4O3. The standard InChI is InChI=1S/C24H31FN4O3/c25-19-8-6-17(7-9-19)16-29-22(30)11-10-21(27-29)23(31)26-20-12-14-28(15-13-20)24(32)18-4-2-1-3-5-18/h6-9,18,20H,1-5,10-16H2,(H,26,31). The molecule has 1 saturated carbocycles. The Morgan fingerprint density at radius 2 is 1.69 bits per heavy atom. The van der Waals surface area contributed by atoms with Crippen molar-refractivity contribution >= 4 is 23.4 Å². The van der Waals surface area contributed by atoms with E-state index in [0.717, 1.165) is 44.1 Å². The van der Waals surface area contributed by atoms with Crippen LogP contribution >= 0.6 is 0 Å². The molecule has 1 aliphatic carbocycles. The fourth-order valence-corrected chi connectivity index (χ4v) is 4.77. The molecule has 0 bridgehead atoms. The summed E-state index contributed by atoms with van der Waals surface area (Å²) in [5.74, 6) is -0.287. The summed E-state index contributed by atoms with van der Waals surface area (Å²) in [6.07, 6.45) is 7.52. The number of hydrogen-bond acceptors (Lipinski definition) is 4. The highest BCUT2D eigenvalue weighted by molar-refractivity contribution is 6.39. The van der Waals surface area contributed by atoms with Crippen molar-refractivity contribution < 1.29 is 18.8 Å². The van der Waals surface area contributed by atoms with Crippen molar-refractivity contribution in [2.45, 2.75) is 70.4 Å². The molecule has 8 heteroatoms. The Morgan fingerprint density at radius 3 is 2.38 bits per heavy atom. The summed E-state index contributed by atoms with van der Waals surface area (Å²) in [6, 6.07) is 5.90. The van der Waals surface area contributed by atoms with Gasteiger partial charge in [-0.2, -0.15) is 5.10 Å². The van der Waals surface area contributed by atoms with E-state index >= 15 is 0 Å². The third-order valence-corrected chi connectivity index (χ3v) is 6.71. The van der Waals surface area contributed by atoms with Gasteiger partial charge in [0.2, 0.25) is 11.8 Å². The summed E-state index contributed by atoms with van der Waals surface area (Å²) >= 11 is 0. The molecule has 172 valence electrons. The molecule has 0 radical (unpaired) electrons. The number of carbonyl (C=O) groups is 3. The maximum Gasteiger partial charge on any atom is 0.267 e. The monoisotopic (exact) mass is 442 g/mol. The molecule has 3 amide bonds. The van der Waals surface area contributed by atoms with Crippen molar-refractivity contribution in [1.29, 1.82) is 0 Å². The largest absolute Gasteiger partial charge is 0.348 e. The van der Waals surface area contributed by atoms with Crippen LogP contribution in [0.15, 0.2) is 29.4 Å². The molecule has 1 N–H and O–H groups in total. The number of amides is 3. The number of hydrogen-bond donors (Lipinski definition) is 1. The van der Waals surface area contributed by atoms with E-state index in [2.05, 4.69) is 10.4 Å². The van der Waals surface area contributed by atoms with Gasteiger partial charge in [-0.05, 0) is 43.4 Å². The summed E-state index contributed by atoms with van der Waals surface area (Å²) in [4.78, 5) is 39.7. The molecule has 2 heterocycles. The van der Waals surface area contributed by atoms with E-state index in [1.54, 1.807) is 12.1 Å². The molecule has 0 atom stereocenters. The Hall–Kier alpha value is -2.77. The first kappa shape index (κ1) is 22.4. The van der Waals surface area contributed by atoms with E-state index in [1.807, 2.05) is 4.90 Å². The molecule has 0 aromatic heterocycles. The van der Waals surface area contributed by atoms with Gasteiger partial charge >= 0.3 is 0 Å². The molecule has 3 aliphatic rings. The average Bonchev–Trinajstić information content (AvgIpc) is 2.82. The molecular weight excluding hydrogens is 411 g/mol. The van der Waals surface area contributed by atoms with Crippen LogP contribution in [-0.4, -0.2) is 52.5 Å². The number of likely N-dealkylation sites (tertiary alicyclic amines) is 1. The third kappa shape index (κ3) is 5.53. The van der Waals surface area contributed by atoms with Crippen molar-refractivity contribution in [2.75, 3.05) is 13.1 Å². The van der Waals surface area contributed by atoms with E-state index in [4.69, 9.17) is 0 Å². The molecule has 1 aromatic rings. The minimum absolute atomic E-state index is 0.00350. The van der Waals surface area contributed by atoms with Gasteiger partial charge in [-0.25, -0.2) is 9.40 Å². The van der Waals surface area contributed by atoms with Crippen molar-refractivity contribution in [3.63, 3.8) is 0 Å². The predicted molar refractivity (Wildman–Crippen MR) is 118 cm³/mol. The van der Waals surface area contributed by atoms with Crippen LogP contribution in [-0.2, 0) is 20.9 Å². The second-order valence-corrected chi connectivity index (χ2v) is 9.03. The first-order valence-corrected chi connectivity index (χ1v) is 11.7. The molecule has 32 heavy (non-hydrogen) atoms. The van der Waals surface area contributed by atoms with Crippen LogP contribution in [0.25, 0.3) is 0 Å². The lowest BCUT2D eigenvalue weighted by molar-refractivity contribution is -0.137. The molecule has 0 unspecified atom stereocenters. The van der Waals surface area contributed by atoms with E-state index in [-0.39, 0.29) is 48.5 Å². The lowest BCUT2D eigenvalue weighted by Gasteiger charge is -2.35. The lowest BCUT2D eigenvalue weighted by Crippen LogP contribution is -2.50. The zero-order chi connectivity index (χ0) is 22.5. The fourth-order valence-electron chi connectivity index (χ4n) is 4.77. The molecule has 7 nitrogen and oxygen atoms in total. The molecule has 1 aromatic carbocycles. The second-order valence-electron chi connectivity index (χ2n) is 9.03. The first-order valence-electron chi connectivity index (χ1n) is 11.7. The van der Waals surface area contributed by atoms with Gasteiger partial charge in [0.15, 0.2) is 0 Å². The van der Waals surface area contributed by atoms with Gasteiger partial charge in [0, 0.05) is 37.9 Å². The SMILES string of the molecule is O=C(NC1CCN(C(=O)C2CCCCC2)CC1)C1=NN(Cc2ccc(F)cc2)C(=O)CC1. The van der Waals surface area contributed by atoms with Crippen molar-refractivity contribution in [3.05, 3.63) is 35.6 Å². The highest BCUT2D eigenvalue weighted by Gasteiger charge is 2.31. The predicted octanol–water partition coefficient (Wildman–Crippen LogP) is 2.99. The Kier molecular flexibility index (Phi) is 7.17. The van der Waals surface area contributed by atoms with Gasteiger partial charge in [0.05, 0.1) is 6.54 Å². The van der Waals surface area contributed by atoms with Gasteiger partial charge in [-0.1, -0.05) is 31.4 Å². The van der Waals surface area contributed by atoms with Crippen LogP contribution in [0.4, 0.5) is 4.39 Å². The number of rotatable bonds is 5. The van der Waals surface area contributed by atoms with E-state index in [1.165, 1.54) is 23.6 Å². The fraction of sp³-hybridized carbons (Fsp3) is 0.583. The maximum absolute atomic E-state index is 13.1. The molecule has 1 saturated heterocycles. The van der Waals surface area contributed by atoms with Gasteiger partial charge < -0.3 is 10.2 Å². The van der Waals surface area contributed by atoms with Crippen LogP contribution < -0.4 is 5.32 Å². The summed E-state index contributed by atoms with van der Waals surface area (Å²) in [5.41, 5.74) is 1.09. The smallest absolute Gasteiger partial charge is 0.267 e. The third-order valence-electron chi connectivity index (χ3n) is 6.71. The number of nitrogens with one attached hydrogen (secondary N) is 1. The van der Waals surface area contributed by atoms with Crippen LogP contribution in [0.5, 0.6) is 0 Å². The minimum atomic E-state index is -0.339.